The molecule has 4 nitrogen and oxygen atoms in total. The summed E-state index contributed by atoms with van der Waals surface area (Å²) in [6.07, 6.45) is -0.0445. The number of aliphatic hydroxyl groups excluding tert-OH is 1. The highest BCUT2D eigenvalue weighted by Gasteiger charge is 2.12. The van der Waals surface area contributed by atoms with E-state index < -0.39 is 18.0 Å². The average molecular weight is 226 g/mol. The third-order valence-electron chi connectivity index (χ3n) is 2.02. The molecule has 5 heteroatoms. The number of hydrogen-bond acceptors (Lipinski definition) is 3. The second-order valence-electron chi connectivity index (χ2n) is 3.80. The maximum atomic E-state index is 12.7. The van der Waals surface area contributed by atoms with Crippen molar-refractivity contribution >= 4 is 5.91 Å². The predicted octanol–water partition coefficient (Wildman–Crippen LogP) is 1.11. The normalized spacial score (nSPS) is 14.2. The van der Waals surface area contributed by atoms with E-state index >= 15 is 0 Å². The first kappa shape index (κ1) is 12.6. The van der Waals surface area contributed by atoms with Crippen molar-refractivity contribution in [2.24, 2.45) is 0 Å². The molecule has 1 rings (SSSR count). The van der Waals surface area contributed by atoms with Gasteiger partial charge >= 0.3 is 0 Å². The average Bonchev–Trinajstić information content (AvgIpc) is 2.16. The summed E-state index contributed by atoms with van der Waals surface area (Å²) in [6, 6.07) is 3.86. The zero-order chi connectivity index (χ0) is 12.1. The predicted molar refractivity (Wildman–Crippen MR) is 57.4 cm³/mol. The first-order valence-corrected chi connectivity index (χ1v) is 5.10. The van der Waals surface area contributed by atoms with Gasteiger partial charge < -0.3 is 10.4 Å². The molecule has 0 aliphatic carbocycles. The summed E-state index contributed by atoms with van der Waals surface area (Å²) in [5.74, 6) is -1.12. The van der Waals surface area contributed by atoms with Gasteiger partial charge in [-0.25, -0.2) is 4.98 Å². The van der Waals surface area contributed by atoms with Crippen molar-refractivity contribution in [1.29, 1.82) is 0 Å². The Kier molecular flexibility index (Phi) is 4.37. The molecule has 0 aliphatic rings. The first-order valence-electron chi connectivity index (χ1n) is 5.10. The number of aliphatic hydroxyl groups is 1. The highest BCUT2D eigenvalue weighted by atomic mass is 19.1. The molecule has 1 aromatic rings. The van der Waals surface area contributed by atoms with Crippen LogP contribution in [0.3, 0.4) is 0 Å². The second-order valence-corrected chi connectivity index (χ2v) is 3.80. The van der Waals surface area contributed by atoms with Gasteiger partial charge in [-0.15, -0.1) is 0 Å². The van der Waals surface area contributed by atoms with E-state index in [1.54, 1.807) is 13.8 Å². The molecule has 0 aliphatic heterocycles. The van der Waals surface area contributed by atoms with Gasteiger partial charge in [0.25, 0.3) is 5.91 Å². The smallest absolute Gasteiger partial charge is 0.270 e. The van der Waals surface area contributed by atoms with Gasteiger partial charge in [0, 0.05) is 6.04 Å². The molecule has 0 aromatic carbocycles. The van der Waals surface area contributed by atoms with Crippen LogP contribution in [0.25, 0.3) is 0 Å². The molecular formula is C11H15FN2O2. The van der Waals surface area contributed by atoms with Gasteiger partial charge in [0.1, 0.15) is 5.69 Å². The Labute approximate surface area is 93.5 Å². The minimum absolute atomic E-state index is 0.0393. The number of amides is 1. The fraction of sp³-hybridized carbons (Fsp3) is 0.455. The van der Waals surface area contributed by atoms with E-state index in [9.17, 15) is 9.18 Å². The quantitative estimate of drug-likeness (QED) is 0.756. The molecule has 0 saturated carbocycles. The molecule has 0 radical (unpaired) electrons. The van der Waals surface area contributed by atoms with Gasteiger partial charge in [-0.1, -0.05) is 6.07 Å². The molecule has 2 unspecified atom stereocenters. The Morgan fingerprint density at radius 1 is 1.56 bits per heavy atom. The van der Waals surface area contributed by atoms with E-state index in [4.69, 9.17) is 5.11 Å². The van der Waals surface area contributed by atoms with Crippen molar-refractivity contribution in [1.82, 2.24) is 10.3 Å². The van der Waals surface area contributed by atoms with Gasteiger partial charge in [0.05, 0.1) is 6.10 Å². The van der Waals surface area contributed by atoms with E-state index in [-0.39, 0.29) is 11.7 Å². The van der Waals surface area contributed by atoms with Crippen LogP contribution in [0.2, 0.25) is 0 Å². The number of halogens is 1. The fourth-order valence-corrected chi connectivity index (χ4v) is 1.40. The zero-order valence-corrected chi connectivity index (χ0v) is 9.27. The van der Waals surface area contributed by atoms with E-state index in [0.717, 1.165) is 0 Å². The topological polar surface area (TPSA) is 62.2 Å². The minimum Gasteiger partial charge on any atom is -0.393 e. The van der Waals surface area contributed by atoms with Crippen LogP contribution in [0.5, 0.6) is 0 Å². The van der Waals surface area contributed by atoms with Crippen molar-refractivity contribution in [3.8, 4) is 0 Å². The summed E-state index contributed by atoms with van der Waals surface area (Å²) in [6.45, 7) is 3.41. The summed E-state index contributed by atoms with van der Waals surface area (Å²) >= 11 is 0. The van der Waals surface area contributed by atoms with Crippen molar-refractivity contribution in [2.75, 3.05) is 0 Å². The zero-order valence-electron chi connectivity index (χ0n) is 9.27. The maximum absolute atomic E-state index is 12.7. The lowest BCUT2D eigenvalue weighted by Crippen LogP contribution is -2.35. The first-order chi connectivity index (χ1) is 7.49. The standard InChI is InChI=1S/C11H15FN2O2/c1-7(6-8(2)15)13-11(16)9-4-3-5-10(12)14-9/h3-5,7-8,15H,6H2,1-2H3,(H,13,16). The molecular weight excluding hydrogens is 211 g/mol. The van der Waals surface area contributed by atoms with Crippen LogP contribution in [-0.4, -0.2) is 28.1 Å². The maximum Gasteiger partial charge on any atom is 0.270 e. The lowest BCUT2D eigenvalue weighted by atomic mass is 10.1. The third kappa shape index (κ3) is 3.94. The molecule has 2 N–H and O–H groups in total. The molecule has 0 fully saturated rings. The highest BCUT2D eigenvalue weighted by Crippen LogP contribution is 2.01. The lowest BCUT2D eigenvalue weighted by molar-refractivity contribution is 0.0917. The molecule has 0 spiro atoms. The number of carbonyl (C=O) groups is 1. The Balaban J connectivity index is 2.59. The van der Waals surface area contributed by atoms with E-state index in [1.807, 2.05) is 0 Å². The van der Waals surface area contributed by atoms with Gasteiger partial charge in [-0.3, -0.25) is 4.79 Å². The van der Waals surface area contributed by atoms with Crippen LogP contribution in [-0.2, 0) is 0 Å². The number of nitrogens with one attached hydrogen (secondary N) is 1. The van der Waals surface area contributed by atoms with E-state index in [0.29, 0.717) is 6.42 Å². The summed E-state index contributed by atoms with van der Waals surface area (Å²) < 4.78 is 12.7. The van der Waals surface area contributed by atoms with Crippen LogP contribution in [0.4, 0.5) is 4.39 Å². The molecule has 2 atom stereocenters. The number of rotatable bonds is 4. The fourth-order valence-electron chi connectivity index (χ4n) is 1.40. The molecule has 0 saturated heterocycles. The Hall–Kier alpha value is -1.49. The number of carbonyl (C=O) groups excluding carboxylic acids is 1. The molecule has 0 bridgehead atoms. The molecule has 1 aromatic heterocycles. The van der Waals surface area contributed by atoms with Crippen LogP contribution < -0.4 is 5.32 Å². The summed E-state index contributed by atoms with van der Waals surface area (Å²) in [5, 5.41) is 11.8. The van der Waals surface area contributed by atoms with Gasteiger partial charge in [0.15, 0.2) is 0 Å². The van der Waals surface area contributed by atoms with Gasteiger partial charge in [-0.05, 0) is 32.4 Å². The van der Waals surface area contributed by atoms with Crippen molar-refractivity contribution in [3.63, 3.8) is 0 Å². The summed E-state index contributed by atoms with van der Waals surface area (Å²) in [7, 11) is 0. The molecule has 88 valence electrons. The number of pyridine rings is 1. The Morgan fingerprint density at radius 2 is 2.25 bits per heavy atom. The monoisotopic (exact) mass is 226 g/mol. The van der Waals surface area contributed by atoms with Crippen molar-refractivity contribution < 1.29 is 14.3 Å². The van der Waals surface area contributed by atoms with Crippen LogP contribution in [0, 0.1) is 5.95 Å². The van der Waals surface area contributed by atoms with Crippen LogP contribution >= 0.6 is 0 Å². The van der Waals surface area contributed by atoms with Crippen molar-refractivity contribution in [2.45, 2.75) is 32.4 Å². The van der Waals surface area contributed by atoms with E-state index in [1.165, 1.54) is 18.2 Å². The Morgan fingerprint density at radius 3 is 2.81 bits per heavy atom. The highest BCUT2D eigenvalue weighted by molar-refractivity contribution is 5.92. The second kappa shape index (κ2) is 5.55. The number of aromatic nitrogens is 1. The number of nitrogens with zero attached hydrogens (tertiary/aromatic N) is 1. The van der Waals surface area contributed by atoms with E-state index in [2.05, 4.69) is 10.3 Å². The number of hydrogen-bond donors (Lipinski definition) is 2. The summed E-state index contributed by atoms with van der Waals surface area (Å²) in [5.41, 5.74) is 0.0393. The largest absolute Gasteiger partial charge is 0.393 e. The van der Waals surface area contributed by atoms with Gasteiger partial charge in [0.2, 0.25) is 5.95 Å². The van der Waals surface area contributed by atoms with Crippen LogP contribution in [0.15, 0.2) is 18.2 Å². The molecule has 1 amide bonds. The lowest BCUT2D eigenvalue weighted by Gasteiger charge is -2.14. The molecule has 1 heterocycles. The van der Waals surface area contributed by atoms with Crippen molar-refractivity contribution in [3.05, 3.63) is 29.8 Å². The molecule has 16 heavy (non-hydrogen) atoms. The minimum atomic E-state index is -0.684. The summed E-state index contributed by atoms with van der Waals surface area (Å²) in [4.78, 5) is 15.0. The Bertz CT molecular complexity index is 369. The SMILES string of the molecule is CC(O)CC(C)NC(=O)c1cccc(F)n1. The third-order valence-corrected chi connectivity index (χ3v) is 2.02. The van der Waals surface area contributed by atoms with Gasteiger partial charge in [-0.2, -0.15) is 4.39 Å². The van der Waals surface area contributed by atoms with Crippen LogP contribution in [0.1, 0.15) is 30.8 Å².